The molecule has 9 nitrogen and oxygen atoms in total. The summed E-state index contributed by atoms with van der Waals surface area (Å²) in [6.45, 7) is 5.12. The maximum atomic E-state index is 11.5. The van der Waals surface area contributed by atoms with Gasteiger partial charge in [-0.25, -0.2) is 4.57 Å². The summed E-state index contributed by atoms with van der Waals surface area (Å²) in [5.41, 5.74) is 0.500. The van der Waals surface area contributed by atoms with Crippen molar-refractivity contribution in [2.75, 3.05) is 13.7 Å². The average molecular weight is 334 g/mol. The number of ether oxygens (including phenoxy) is 2. The van der Waals surface area contributed by atoms with Crippen LogP contribution < -0.4 is 5.32 Å². The van der Waals surface area contributed by atoms with Gasteiger partial charge in [0.15, 0.2) is 0 Å². The van der Waals surface area contributed by atoms with Crippen molar-refractivity contribution in [1.82, 2.24) is 10.2 Å². The number of carbonyl (C=O) groups is 1. The molecule has 22 heavy (non-hydrogen) atoms. The van der Waals surface area contributed by atoms with Gasteiger partial charge in [0.05, 0.1) is 12.7 Å². The molecule has 0 bridgehead atoms. The van der Waals surface area contributed by atoms with Crippen molar-refractivity contribution in [2.45, 2.75) is 31.8 Å². The molecule has 2 aliphatic rings. The highest BCUT2D eigenvalue weighted by atomic mass is 31.2. The quantitative estimate of drug-likeness (QED) is 0.603. The van der Waals surface area contributed by atoms with Crippen molar-refractivity contribution >= 4 is 13.7 Å². The second-order valence-electron chi connectivity index (χ2n) is 5.05. The van der Waals surface area contributed by atoms with Gasteiger partial charge in [-0.1, -0.05) is 6.58 Å². The van der Waals surface area contributed by atoms with E-state index in [1.54, 1.807) is 18.0 Å². The van der Waals surface area contributed by atoms with E-state index in [0.717, 1.165) is 0 Å². The number of hydrogen-bond acceptors (Lipinski definition) is 6. The van der Waals surface area contributed by atoms with Crippen molar-refractivity contribution in [3.8, 4) is 0 Å². The first-order chi connectivity index (χ1) is 10.2. The molecule has 0 aliphatic carbocycles. The first kappa shape index (κ1) is 17.1. The molecule has 2 aliphatic heterocycles. The van der Waals surface area contributed by atoms with E-state index in [4.69, 9.17) is 19.3 Å². The van der Waals surface area contributed by atoms with Crippen LogP contribution in [0, 0.1) is 0 Å². The lowest BCUT2D eigenvalue weighted by Crippen LogP contribution is -2.42. The number of amides is 1. The minimum Gasteiger partial charge on any atom is -0.378 e. The van der Waals surface area contributed by atoms with Crippen LogP contribution >= 0.6 is 7.82 Å². The fraction of sp³-hybridized carbons (Fsp3) is 0.583. The Bertz CT molecular complexity index is 544. The predicted molar refractivity (Wildman–Crippen MR) is 74.9 cm³/mol. The molecule has 10 heteroatoms. The standard InChI is InChI=1S/C12H19N2O7P/c1-7-5-14(8(2)13-12(7)15)11-4-9(19-3)10(21-11)6-20-22(16,17)18/h5,9-11H,2,4,6H2,1,3H3,(H,13,15)(H2,16,17,18)/t9-,10-,11-/m1/s1. The number of phosphoric ester groups is 1. The van der Waals surface area contributed by atoms with E-state index in [-0.39, 0.29) is 12.5 Å². The molecule has 2 rings (SSSR count). The van der Waals surface area contributed by atoms with Gasteiger partial charge in [0, 0.05) is 25.3 Å². The fourth-order valence-corrected chi connectivity index (χ4v) is 2.68. The summed E-state index contributed by atoms with van der Waals surface area (Å²) in [6, 6.07) is 0. The van der Waals surface area contributed by atoms with E-state index in [1.165, 1.54) is 7.11 Å². The van der Waals surface area contributed by atoms with Crippen molar-refractivity contribution in [1.29, 1.82) is 0 Å². The van der Waals surface area contributed by atoms with Crippen LogP contribution in [0.1, 0.15) is 13.3 Å². The molecule has 1 fully saturated rings. The average Bonchev–Trinajstić information content (AvgIpc) is 2.83. The Kier molecular flexibility index (Phi) is 5.06. The van der Waals surface area contributed by atoms with Crippen molar-refractivity contribution in [2.24, 2.45) is 0 Å². The van der Waals surface area contributed by atoms with Crippen molar-refractivity contribution in [3.63, 3.8) is 0 Å². The highest BCUT2D eigenvalue weighted by molar-refractivity contribution is 7.46. The molecule has 3 N–H and O–H groups in total. The van der Waals surface area contributed by atoms with Gasteiger partial charge in [0.1, 0.15) is 18.2 Å². The Morgan fingerprint density at radius 2 is 2.27 bits per heavy atom. The summed E-state index contributed by atoms with van der Waals surface area (Å²) in [6.07, 6.45) is 0.547. The Labute approximate surface area is 127 Å². The number of nitrogens with one attached hydrogen (secondary N) is 1. The fourth-order valence-electron chi connectivity index (χ4n) is 2.34. The molecule has 0 aromatic carbocycles. The van der Waals surface area contributed by atoms with Gasteiger partial charge in [-0.15, -0.1) is 0 Å². The van der Waals surface area contributed by atoms with Gasteiger partial charge < -0.3 is 29.5 Å². The summed E-state index contributed by atoms with van der Waals surface area (Å²) in [7, 11) is -3.09. The molecular weight excluding hydrogens is 315 g/mol. The molecule has 0 unspecified atom stereocenters. The van der Waals surface area contributed by atoms with E-state index < -0.39 is 26.3 Å². The zero-order valence-electron chi connectivity index (χ0n) is 12.3. The maximum Gasteiger partial charge on any atom is 0.469 e. The Hall–Kier alpha value is -1.22. The van der Waals surface area contributed by atoms with E-state index in [2.05, 4.69) is 16.4 Å². The second-order valence-corrected chi connectivity index (χ2v) is 6.28. The van der Waals surface area contributed by atoms with Crippen LogP contribution in [0.5, 0.6) is 0 Å². The second kappa shape index (κ2) is 6.49. The largest absolute Gasteiger partial charge is 0.469 e. The van der Waals surface area contributed by atoms with Crippen LogP contribution in [-0.4, -0.2) is 52.7 Å². The molecule has 0 aromatic rings. The molecule has 0 aromatic heterocycles. The third-order valence-corrected chi connectivity index (χ3v) is 3.95. The zero-order valence-corrected chi connectivity index (χ0v) is 13.2. The molecule has 0 radical (unpaired) electrons. The highest BCUT2D eigenvalue weighted by Gasteiger charge is 2.40. The van der Waals surface area contributed by atoms with Gasteiger partial charge in [-0.3, -0.25) is 9.32 Å². The number of carbonyl (C=O) groups excluding carboxylic acids is 1. The Morgan fingerprint density at radius 3 is 2.86 bits per heavy atom. The number of nitrogens with zero attached hydrogens (tertiary/aromatic N) is 1. The van der Waals surface area contributed by atoms with Gasteiger partial charge >= 0.3 is 7.82 Å². The Balaban J connectivity index is 2.06. The van der Waals surface area contributed by atoms with Crippen LogP contribution in [0.15, 0.2) is 24.2 Å². The zero-order chi connectivity index (χ0) is 16.5. The summed E-state index contributed by atoms with van der Waals surface area (Å²) >= 11 is 0. The smallest absolute Gasteiger partial charge is 0.378 e. The van der Waals surface area contributed by atoms with Crippen molar-refractivity contribution in [3.05, 3.63) is 24.2 Å². The highest BCUT2D eigenvalue weighted by Crippen LogP contribution is 2.38. The van der Waals surface area contributed by atoms with Crippen LogP contribution in [0.2, 0.25) is 0 Å². The number of methoxy groups -OCH3 is 1. The van der Waals surface area contributed by atoms with Crippen LogP contribution in [0.25, 0.3) is 0 Å². The van der Waals surface area contributed by atoms with E-state index in [9.17, 15) is 9.36 Å². The summed E-state index contributed by atoms with van der Waals surface area (Å²) < 4.78 is 26.3. The number of rotatable bonds is 5. The lowest BCUT2D eigenvalue weighted by molar-refractivity contribution is -0.118. The molecule has 0 spiro atoms. The molecular formula is C12H19N2O7P. The predicted octanol–water partition coefficient (Wildman–Crippen LogP) is 0.0325. The minimum absolute atomic E-state index is 0.232. The van der Waals surface area contributed by atoms with Gasteiger partial charge in [0.2, 0.25) is 0 Å². The normalized spacial score (nSPS) is 29.5. The molecule has 1 amide bonds. The summed E-state index contributed by atoms with van der Waals surface area (Å²) in [5.74, 6) is 0.135. The first-order valence-corrected chi connectivity index (χ1v) is 8.09. The number of phosphoric acid groups is 1. The molecule has 1 saturated heterocycles. The molecule has 2 heterocycles. The maximum absolute atomic E-state index is 11.5. The monoisotopic (exact) mass is 334 g/mol. The SMILES string of the molecule is C=C1NC(=O)C(C)=CN1[C@H]1C[C@@H](OC)[C@@H](COP(=O)(O)O)O1. The minimum atomic E-state index is -4.57. The third kappa shape index (κ3) is 3.95. The molecule has 0 saturated carbocycles. The van der Waals surface area contributed by atoms with E-state index in [1.807, 2.05) is 0 Å². The van der Waals surface area contributed by atoms with Crippen molar-refractivity contribution < 1.29 is 33.1 Å². The topological polar surface area (TPSA) is 118 Å². The first-order valence-electron chi connectivity index (χ1n) is 6.56. The summed E-state index contributed by atoms with van der Waals surface area (Å²) in [4.78, 5) is 30.7. The van der Waals surface area contributed by atoms with Crippen LogP contribution in [0.4, 0.5) is 0 Å². The van der Waals surface area contributed by atoms with Crippen LogP contribution in [0.3, 0.4) is 0 Å². The Morgan fingerprint density at radius 1 is 1.59 bits per heavy atom. The number of hydrogen-bond donors (Lipinski definition) is 3. The lowest BCUT2D eigenvalue weighted by atomic mass is 10.1. The van der Waals surface area contributed by atoms with Gasteiger partial charge in [-0.05, 0) is 6.92 Å². The van der Waals surface area contributed by atoms with Crippen LogP contribution in [-0.2, 0) is 23.4 Å². The van der Waals surface area contributed by atoms with E-state index >= 15 is 0 Å². The van der Waals surface area contributed by atoms with Gasteiger partial charge in [-0.2, -0.15) is 0 Å². The molecule has 124 valence electrons. The third-order valence-electron chi connectivity index (χ3n) is 3.46. The molecule has 3 atom stereocenters. The van der Waals surface area contributed by atoms with E-state index in [0.29, 0.717) is 17.8 Å². The van der Waals surface area contributed by atoms with Gasteiger partial charge in [0.25, 0.3) is 5.91 Å². The summed E-state index contributed by atoms with van der Waals surface area (Å²) in [5, 5.41) is 2.61. The lowest BCUT2D eigenvalue weighted by Gasteiger charge is -2.32.